The Morgan fingerprint density at radius 3 is 2.81 bits per heavy atom. The van der Waals surface area contributed by atoms with E-state index in [9.17, 15) is 9.90 Å². The van der Waals surface area contributed by atoms with Gasteiger partial charge in [-0.2, -0.15) is 9.61 Å². The topological polar surface area (TPSA) is 151 Å². The van der Waals surface area contributed by atoms with Gasteiger partial charge in [-0.1, -0.05) is 12.1 Å². The summed E-state index contributed by atoms with van der Waals surface area (Å²) in [5, 5.41) is 22.6. The molecule has 12 heteroatoms. The molecule has 0 radical (unpaired) electrons. The Bertz CT molecular complexity index is 1440. The van der Waals surface area contributed by atoms with Gasteiger partial charge in [-0.25, -0.2) is 4.98 Å². The summed E-state index contributed by atoms with van der Waals surface area (Å²) in [6.45, 7) is 3.83. The molecule has 37 heavy (non-hydrogen) atoms. The number of fused-ring (bicyclic) bond motifs is 1. The Kier molecular flexibility index (Phi) is 6.78. The van der Waals surface area contributed by atoms with Gasteiger partial charge >= 0.3 is 0 Å². The van der Waals surface area contributed by atoms with Crippen molar-refractivity contribution in [1.29, 1.82) is 0 Å². The van der Waals surface area contributed by atoms with E-state index in [0.717, 1.165) is 36.1 Å². The number of pyridine rings is 1. The maximum Gasteiger partial charge on any atom is 0.295 e. The molecule has 1 atom stereocenters. The van der Waals surface area contributed by atoms with Gasteiger partial charge in [0.25, 0.3) is 5.91 Å². The molecule has 1 fully saturated rings. The van der Waals surface area contributed by atoms with Crippen molar-refractivity contribution in [2.24, 2.45) is 0 Å². The Morgan fingerprint density at radius 1 is 1.38 bits per heavy atom. The normalized spacial score (nSPS) is 15.7. The number of aromatic nitrogens is 7. The number of hydrogen-bond acceptors (Lipinski definition) is 8. The van der Waals surface area contributed by atoms with E-state index in [0.29, 0.717) is 34.5 Å². The fourth-order valence-corrected chi connectivity index (χ4v) is 4.96. The van der Waals surface area contributed by atoms with Crippen LogP contribution in [0.3, 0.4) is 0 Å². The van der Waals surface area contributed by atoms with Crippen LogP contribution in [-0.4, -0.2) is 56.7 Å². The van der Waals surface area contributed by atoms with E-state index in [-0.39, 0.29) is 17.8 Å². The number of anilines is 1. The van der Waals surface area contributed by atoms with Crippen molar-refractivity contribution >= 4 is 33.3 Å². The number of hydrogen-bond donors (Lipinski definition) is 3. The summed E-state index contributed by atoms with van der Waals surface area (Å²) in [6.07, 6.45) is 12.1. The molecule has 4 aromatic heterocycles. The van der Waals surface area contributed by atoms with Crippen LogP contribution in [0.4, 0.5) is 5.82 Å². The number of aromatic amines is 1. The molecule has 0 unspecified atom stereocenters. The van der Waals surface area contributed by atoms with Gasteiger partial charge in [-0.3, -0.25) is 9.78 Å². The molecule has 1 aliphatic rings. The number of nitrogen functional groups attached to an aromatic ring is 1. The number of halogens is 1. The first-order chi connectivity index (χ1) is 17.8. The van der Waals surface area contributed by atoms with Crippen LogP contribution in [0.25, 0.3) is 16.8 Å². The maximum absolute atomic E-state index is 12.9. The van der Waals surface area contributed by atoms with Crippen molar-refractivity contribution in [3.05, 3.63) is 64.8 Å². The number of carbonyl (C=O) groups excluding carboxylic acids is 1. The molecule has 1 aliphatic carbocycles. The monoisotopic (exact) mass is 565 g/mol. The van der Waals surface area contributed by atoms with Crippen LogP contribution < -0.4 is 5.73 Å². The second-order valence-electron chi connectivity index (χ2n) is 9.29. The molecule has 4 heterocycles. The van der Waals surface area contributed by atoms with Crippen LogP contribution in [0.5, 0.6) is 0 Å². The molecule has 0 aliphatic heterocycles. The van der Waals surface area contributed by atoms with Crippen molar-refractivity contribution in [3.8, 4) is 11.1 Å². The minimum absolute atomic E-state index is 0.140. The molecule has 192 valence electrons. The Balaban J connectivity index is 1.40. The fourth-order valence-electron chi connectivity index (χ4n) is 4.50. The second kappa shape index (κ2) is 10.0. The number of rotatable bonds is 8. The maximum atomic E-state index is 12.9. The lowest BCUT2D eigenvalue weighted by molar-refractivity contribution is -0.0426. The van der Waals surface area contributed by atoms with Crippen molar-refractivity contribution < 1.29 is 9.90 Å². The highest BCUT2D eigenvalue weighted by Gasteiger charge is 2.37. The second-order valence-corrected chi connectivity index (χ2v) is 10.1. The predicted octanol–water partition coefficient (Wildman–Crippen LogP) is 3.62. The Labute approximate surface area is 222 Å². The lowest BCUT2D eigenvalue weighted by Gasteiger charge is -2.35. The van der Waals surface area contributed by atoms with E-state index in [1.165, 1.54) is 6.33 Å². The Morgan fingerprint density at radius 2 is 2.19 bits per heavy atom. The average Bonchev–Trinajstić information content (AvgIpc) is 3.57. The highest BCUT2D eigenvalue weighted by atomic mass is 79.9. The number of nitrogens with two attached hydrogens (primary N) is 1. The zero-order valence-electron chi connectivity index (χ0n) is 20.6. The SMILES string of the molecule is C/C=C\N(C(=O)c1nnc[nH]1)[C@H](C)CCc1nc2c(-c3ccc(C4(O)CCC4)nc3)cnn2c(N)c1Br. The molecular formula is C25H28BrN9O2. The number of carbonyl (C=O) groups is 1. The van der Waals surface area contributed by atoms with Crippen molar-refractivity contribution in [3.63, 3.8) is 0 Å². The van der Waals surface area contributed by atoms with Crippen LogP contribution in [0.1, 0.15) is 61.5 Å². The zero-order chi connectivity index (χ0) is 26.2. The van der Waals surface area contributed by atoms with Crippen LogP contribution in [0.2, 0.25) is 0 Å². The molecule has 1 saturated carbocycles. The summed E-state index contributed by atoms with van der Waals surface area (Å²) in [4.78, 5) is 26.7. The lowest BCUT2D eigenvalue weighted by atomic mass is 9.77. The average molecular weight is 566 g/mol. The first kappa shape index (κ1) is 25.0. The van der Waals surface area contributed by atoms with Gasteiger partial charge in [-0.05, 0) is 67.9 Å². The minimum Gasteiger partial charge on any atom is -0.384 e. The summed E-state index contributed by atoms with van der Waals surface area (Å²) in [7, 11) is 0. The number of nitrogens with zero attached hydrogens (tertiary/aromatic N) is 7. The molecule has 1 amide bonds. The smallest absolute Gasteiger partial charge is 0.295 e. The van der Waals surface area contributed by atoms with Crippen LogP contribution in [0.15, 0.2) is 47.6 Å². The Hall–Kier alpha value is -3.64. The van der Waals surface area contributed by atoms with E-state index < -0.39 is 5.60 Å². The molecule has 11 nitrogen and oxygen atoms in total. The lowest BCUT2D eigenvalue weighted by Crippen LogP contribution is -2.35. The third-order valence-electron chi connectivity index (χ3n) is 6.86. The molecule has 4 aromatic rings. The summed E-state index contributed by atoms with van der Waals surface area (Å²) < 4.78 is 2.26. The van der Waals surface area contributed by atoms with Crippen LogP contribution in [-0.2, 0) is 12.0 Å². The summed E-state index contributed by atoms with van der Waals surface area (Å²) in [5.74, 6) is 0.365. The number of H-pyrrole nitrogens is 1. The van der Waals surface area contributed by atoms with Gasteiger partial charge in [0.15, 0.2) is 5.65 Å². The van der Waals surface area contributed by atoms with Crippen LogP contribution >= 0.6 is 15.9 Å². The van der Waals surface area contributed by atoms with Gasteiger partial charge in [0.05, 0.1) is 22.1 Å². The number of nitrogens with one attached hydrogen (secondary N) is 1. The minimum atomic E-state index is -0.813. The van der Waals surface area contributed by atoms with Gasteiger partial charge in [-0.15, -0.1) is 10.2 Å². The molecule has 0 spiro atoms. The summed E-state index contributed by atoms with van der Waals surface area (Å²) in [6, 6.07) is 3.66. The molecule has 0 bridgehead atoms. The standard InChI is InChI=1S/C25H28BrN9O2/c1-3-11-34(24(36)22-29-14-30-33-22)15(2)5-7-18-20(26)21(27)35-23(32-18)17(13-31-35)16-6-8-19(28-12-16)25(37)9-4-10-25/h3,6,8,11-15,37H,4-5,7,9-10,27H2,1-2H3,(H,29,30,33)/b11-3-/t15-/m1/s1. The van der Waals surface area contributed by atoms with Crippen molar-refractivity contribution in [2.75, 3.05) is 5.73 Å². The summed E-state index contributed by atoms with van der Waals surface area (Å²) >= 11 is 3.58. The third-order valence-corrected chi connectivity index (χ3v) is 7.72. The highest BCUT2D eigenvalue weighted by molar-refractivity contribution is 9.10. The molecule has 0 saturated heterocycles. The van der Waals surface area contributed by atoms with Gasteiger partial charge < -0.3 is 20.7 Å². The largest absolute Gasteiger partial charge is 0.384 e. The molecular weight excluding hydrogens is 538 g/mol. The number of amides is 1. The van der Waals surface area contributed by atoms with E-state index in [1.807, 2.05) is 32.1 Å². The van der Waals surface area contributed by atoms with E-state index >= 15 is 0 Å². The third kappa shape index (κ3) is 4.62. The first-order valence-electron chi connectivity index (χ1n) is 12.1. The fraction of sp³-hybridized carbons (Fsp3) is 0.360. The van der Waals surface area contributed by atoms with Gasteiger partial charge in [0.2, 0.25) is 5.82 Å². The summed E-state index contributed by atoms with van der Waals surface area (Å²) in [5.41, 5.74) is 9.30. The first-order valence-corrected chi connectivity index (χ1v) is 12.9. The quantitative estimate of drug-likeness (QED) is 0.293. The zero-order valence-corrected chi connectivity index (χ0v) is 22.2. The predicted molar refractivity (Wildman–Crippen MR) is 141 cm³/mol. The van der Waals surface area contributed by atoms with Crippen molar-refractivity contribution in [1.82, 2.24) is 39.7 Å². The van der Waals surface area contributed by atoms with Gasteiger partial charge in [0.1, 0.15) is 17.7 Å². The molecule has 4 N–H and O–H groups in total. The van der Waals surface area contributed by atoms with E-state index in [1.54, 1.807) is 28.0 Å². The molecule has 0 aromatic carbocycles. The van der Waals surface area contributed by atoms with Crippen LogP contribution in [0, 0.1) is 0 Å². The van der Waals surface area contributed by atoms with Crippen molar-refractivity contribution in [2.45, 2.75) is 57.6 Å². The highest BCUT2D eigenvalue weighted by Crippen LogP contribution is 2.40. The number of aliphatic hydroxyl groups is 1. The number of aryl methyl sites for hydroxylation is 1. The van der Waals surface area contributed by atoms with Gasteiger partial charge in [0, 0.05) is 29.6 Å². The molecule has 5 rings (SSSR count). The van der Waals surface area contributed by atoms with E-state index in [2.05, 4.69) is 41.2 Å². The van der Waals surface area contributed by atoms with E-state index in [4.69, 9.17) is 10.7 Å². The number of allylic oxidation sites excluding steroid dienone is 1.